The van der Waals surface area contributed by atoms with Crippen molar-refractivity contribution in [3.05, 3.63) is 143 Å². The normalized spacial score (nSPS) is 11.5. The van der Waals surface area contributed by atoms with Crippen molar-refractivity contribution >= 4 is 11.8 Å². The molecule has 100 heavy (non-hydrogen) atoms. The highest BCUT2D eigenvalue weighted by molar-refractivity contribution is 5.81. The number of unbranched alkanes of at least 4 members (excludes halogenated alkanes) is 16. The maximum atomic E-state index is 12.0. The Morgan fingerprint density at radius 1 is 0.390 bits per heavy atom. The second kappa shape index (κ2) is 52.2. The second-order valence-electron chi connectivity index (χ2n) is 26.3. The van der Waals surface area contributed by atoms with Crippen LogP contribution >= 0.6 is 0 Å². The average molecular weight is 1380 g/mol. The fraction of sp³-hybridized carbons (Fsp3) is 0.575. The summed E-state index contributed by atoms with van der Waals surface area (Å²) in [6, 6.07) is 30.4. The van der Waals surface area contributed by atoms with Gasteiger partial charge in [-0.05, 0) is 66.7 Å². The first kappa shape index (κ1) is 84.6. The summed E-state index contributed by atoms with van der Waals surface area (Å²) >= 11 is 0. The molecule has 0 aliphatic rings. The highest BCUT2D eigenvalue weighted by atomic mass is 16.5. The van der Waals surface area contributed by atoms with Gasteiger partial charge >= 0.3 is 0 Å². The van der Waals surface area contributed by atoms with Crippen LogP contribution in [-0.2, 0) is 61.5 Å². The number of rotatable bonds is 42. The number of aliphatic hydroxyl groups is 2. The van der Waals surface area contributed by atoms with E-state index < -0.39 is 6.04 Å². The number of hydrogen-bond acceptors (Lipinski definition) is 18. The smallest absolute Gasteiger partial charge is 0.237 e. The molecule has 0 aliphatic carbocycles. The molecule has 2 atom stereocenters. The summed E-state index contributed by atoms with van der Waals surface area (Å²) in [6.07, 6.45) is 32.8. The number of aromatic nitrogens is 8. The number of nitrogens with one attached hydrogen (secondary N) is 2. The van der Waals surface area contributed by atoms with Crippen molar-refractivity contribution in [2.45, 2.75) is 281 Å². The van der Waals surface area contributed by atoms with Crippen molar-refractivity contribution in [1.29, 1.82) is 0 Å². The number of nitrogens with two attached hydrogens (primary N) is 2. The van der Waals surface area contributed by atoms with Gasteiger partial charge in [-0.2, -0.15) is 19.9 Å². The lowest BCUT2D eigenvalue weighted by atomic mass is 10.1. The Morgan fingerprint density at radius 2 is 0.690 bits per heavy atom. The molecule has 4 aromatic carbocycles. The van der Waals surface area contributed by atoms with E-state index in [1.165, 1.54) is 116 Å². The number of carbonyl (C=O) groups excluding carboxylic acids is 2. The van der Waals surface area contributed by atoms with Crippen molar-refractivity contribution in [3.63, 3.8) is 0 Å². The third kappa shape index (κ3) is 35.0. The van der Waals surface area contributed by atoms with E-state index in [0.29, 0.717) is 60.6 Å². The Bertz CT molecular complexity index is 3110. The lowest BCUT2D eigenvalue weighted by Crippen LogP contribution is -2.40. The first-order valence-electron chi connectivity index (χ1n) is 37.6. The number of nitrogens with zero attached hydrogens (tertiary/aromatic N) is 8. The zero-order valence-corrected chi connectivity index (χ0v) is 62.1. The van der Waals surface area contributed by atoms with E-state index in [-0.39, 0.29) is 37.4 Å². The van der Waals surface area contributed by atoms with Gasteiger partial charge < -0.3 is 50.4 Å². The Balaban J connectivity index is 0.000000277. The third-order valence-electron chi connectivity index (χ3n) is 16.9. The molecule has 8 rings (SSSR count). The maximum absolute atomic E-state index is 12.0. The van der Waals surface area contributed by atoms with E-state index in [4.69, 9.17) is 39.8 Å². The molecule has 8 N–H and O–H groups in total. The molecule has 0 spiro atoms. The van der Waals surface area contributed by atoms with Crippen LogP contribution in [-0.4, -0.2) is 75.2 Å². The van der Waals surface area contributed by atoms with Crippen LogP contribution in [0.2, 0.25) is 0 Å². The highest BCUT2D eigenvalue weighted by Gasteiger charge is 2.16. The SMILES string of the molecule is CCCC(C)C.CCCCCCCc1nc(-c2ccc(CN)cc2)no1.CCCCCCCc1nc(-c2ccc(CNC(=O)[C@@H](C)CCC)cc2)no1.CCCCCCCc1nc(-c2ccc(CNC(=O)[C@@H](N)CCO)cc2)no1.CCCCCCCc1nc(-c2ccc(CO)cc2)no1. The maximum Gasteiger partial charge on any atom is 0.237 e. The van der Waals surface area contributed by atoms with Crippen LogP contribution in [0.3, 0.4) is 0 Å². The van der Waals surface area contributed by atoms with E-state index in [9.17, 15) is 9.59 Å². The quantitative estimate of drug-likeness (QED) is 0.0194. The molecule has 4 heterocycles. The summed E-state index contributed by atoms with van der Waals surface area (Å²) in [7, 11) is 0. The van der Waals surface area contributed by atoms with Crippen LogP contribution in [0.1, 0.15) is 269 Å². The minimum absolute atomic E-state index is 0.0511. The number of benzene rings is 4. The molecule has 550 valence electrons. The van der Waals surface area contributed by atoms with E-state index in [1.54, 1.807) is 0 Å². The van der Waals surface area contributed by atoms with E-state index >= 15 is 0 Å². The molecule has 0 saturated carbocycles. The molecule has 0 bridgehead atoms. The predicted octanol–water partition coefficient (Wildman–Crippen LogP) is 17.8. The summed E-state index contributed by atoms with van der Waals surface area (Å²) in [5.41, 5.74) is 18.9. The first-order valence-corrected chi connectivity index (χ1v) is 37.6. The van der Waals surface area contributed by atoms with Crippen molar-refractivity contribution in [2.75, 3.05) is 6.61 Å². The Labute approximate surface area is 597 Å². The summed E-state index contributed by atoms with van der Waals surface area (Å²) in [5, 5.41) is 39.8. The highest BCUT2D eigenvalue weighted by Crippen LogP contribution is 2.23. The van der Waals surface area contributed by atoms with E-state index in [0.717, 1.165) is 121 Å². The van der Waals surface area contributed by atoms with Gasteiger partial charge in [0.05, 0.1) is 12.6 Å². The van der Waals surface area contributed by atoms with Gasteiger partial charge in [-0.1, -0.05) is 302 Å². The second-order valence-corrected chi connectivity index (χ2v) is 26.3. The average Bonchev–Trinajstić information content (AvgIpc) is 1.74. The fourth-order valence-corrected chi connectivity index (χ4v) is 10.6. The lowest BCUT2D eigenvalue weighted by molar-refractivity contribution is -0.125. The molecule has 8 aromatic rings. The zero-order valence-electron chi connectivity index (χ0n) is 62.1. The lowest BCUT2D eigenvalue weighted by Gasteiger charge is -2.11. The van der Waals surface area contributed by atoms with Crippen LogP contribution in [0.15, 0.2) is 115 Å². The van der Waals surface area contributed by atoms with Crippen molar-refractivity contribution in [2.24, 2.45) is 23.3 Å². The zero-order chi connectivity index (χ0) is 72.4. The van der Waals surface area contributed by atoms with Crippen LogP contribution in [0.25, 0.3) is 45.6 Å². The number of hydrogen-bond donors (Lipinski definition) is 6. The number of carbonyl (C=O) groups is 2. The van der Waals surface area contributed by atoms with Gasteiger partial charge in [0.25, 0.3) is 0 Å². The fourth-order valence-electron chi connectivity index (χ4n) is 10.6. The monoisotopic (exact) mass is 1380 g/mol. The first-order chi connectivity index (χ1) is 48.7. The van der Waals surface area contributed by atoms with Gasteiger partial charge in [0.15, 0.2) is 0 Å². The molecule has 0 unspecified atom stereocenters. The largest absolute Gasteiger partial charge is 0.396 e. The molecule has 0 fully saturated rings. The van der Waals surface area contributed by atoms with Gasteiger partial charge in [-0.3, -0.25) is 9.59 Å². The van der Waals surface area contributed by atoms with E-state index in [1.807, 2.05) is 104 Å². The molecule has 20 heteroatoms. The molecule has 0 aliphatic heterocycles. The molecular weight excluding hydrogens is 1260 g/mol. The Morgan fingerprint density at radius 3 is 0.960 bits per heavy atom. The van der Waals surface area contributed by atoms with Crippen LogP contribution in [0.5, 0.6) is 0 Å². The summed E-state index contributed by atoms with van der Waals surface area (Å²) in [6.45, 7) is 21.1. The van der Waals surface area contributed by atoms with Crippen molar-refractivity contribution in [1.82, 2.24) is 51.2 Å². The van der Waals surface area contributed by atoms with Gasteiger partial charge in [0.1, 0.15) is 0 Å². The Kier molecular flexibility index (Phi) is 44.2. The number of aliphatic hydroxyl groups excluding tert-OH is 2. The van der Waals surface area contributed by atoms with Gasteiger partial charge in [-0.15, -0.1) is 0 Å². The molecule has 20 nitrogen and oxygen atoms in total. The number of aryl methyl sites for hydroxylation is 4. The van der Waals surface area contributed by atoms with Crippen molar-refractivity contribution in [3.8, 4) is 45.6 Å². The van der Waals surface area contributed by atoms with Crippen LogP contribution in [0, 0.1) is 11.8 Å². The molecule has 2 amide bonds. The topological polar surface area (TPSA) is 306 Å². The van der Waals surface area contributed by atoms with Crippen LogP contribution < -0.4 is 22.1 Å². The van der Waals surface area contributed by atoms with E-state index in [2.05, 4.69) is 107 Å². The number of amides is 2. The van der Waals surface area contributed by atoms with Crippen LogP contribution in [0.4, 0.5) is 0 Å². The standard InChI is InChI=1S/C22H33N3O2.C20H30N4O3.C16H23N3O.C16H22N2O2.C6H14/c1-4-6-7-8-9-11-20-24-21(25-27-20)19-14-12-18(13-15-19)16-23-22(26)17(3)10-5-2;1-2-3-4-5-6-7-18-23-19(24-27-18)16-10-8-15(9-11-16)14-22-20(26)17(21)12-13-25;1-2-3-4-5-6-7-15-18-16(19-20-15)14-10-8-13(12-17)9-11-14;1-2-3-4-5-6-7-15-17-16(18-20-15)14-10-8-13(12-19)9-11-14;1-4-5-6(2)3/h12-15,17H,4-11,16H2,1-3H3,(H,23,26);8-11,17,25H,2-7,12-14,21H2,1H3,(H,22,26);8-11H,2-7,12,17H2,1H3;8-11,19H,2-7,12H2,1H3;6H,4-5H2,1-3H3/t2*17-;;;/m00.../s1. The summed E-state index contributed by atoms with van der Waals surface area (Å²) in [5.74, 6) is 6.14. The Hall–Kier alpha value is -7.78. The minimum atomic E-state index is -0.686. The van der Waals surface area contributed by atoms with Crippen molar-refractivity contribution < 1.29 is 37.9 Å². The van der Waals surface area contributed by atoms with Gasteiger partial charge in [0.2, 0.25) is 58.7 Å². The predicted molar refractivity (Wildman–Crippen MR) is 400 cm³/mol. The molecule has 0 radical (unpaired) electrons. The molecular formula is C80H122N12O8. The minimum Gasteiger partial charge on any atom is -0.396 e. The molecule has 0 saturated heterocycles. The summed E-state index contributed by atoms with van der Waals surface area (Å²) in [4.78, 5) is 41.6. The third-order valence-corrected chi connectivity index (χ3v) is 16.9. The van der Waals surface area contributed by atoms with Gasteiger partial charge in [0, 0.05) is 80.1 Å². The summed E-state index contributed by atoms with van der Waals surface area (Å²) < 4.78 is 21.3. The van der Waals surface area contributed by atoms with Gasteiger partial charge in [-0.25, -0.2) is 0 Å². The molecule has 4 aromatic heterocycles.